The van der Waals surface area contributed by atoms with Gasteiger partial charge < -0.3 is 10.1 Å². The van der Waals surface area contributed by atoms with Crippen LogP contribution in [0.5, 0.6) is 0 Å². The minimum Gasteiger partial charge on any atom is -0.380 e. The smallest absolute Gasteiger partial charge is 0.0698 e. The van der Waals surface area contributed by atoms with Crippen LogP contribution in [0, 0.1) is 5.92 Å². The van der Waals surface area contributed by atoms with Crippen LogP contribution in [0.1, 0.15) is 34.1 Å². The summed E-state index contributed by atoms with van der Waals surface area (Å²) in [7, 11) is 1.77. The first-order valence-electron chi connectivity index (χ1n) is 4.89. The van der Waals surface area contributed by atoms with Gasteiger partial charge in [0.05, 0.1) is 6.10 Å². The molecule has 0 spiro atoms. The molecular formula is C10H23NO. The van der Waals surface area contributed by atoms with Crippen molar-refractivity contribution in [3.05, 3.63) is 0 Å². The average molecular weight is 173 g/mol. The molecule has 0 fully saturated rings. The van der Waals surface area contributed by atoms with Crippen LogP contribution in [0.15, 0.2) is 0 Å². The summed E-state index contributed by atoms with van der Waals surface area (Å²) >= 11 is 0. The van der Waals surface area contributed by atoms with Gasteiger partial charge in [-0.1, -0.05) is 20.8 Å². The van der Waals surface area contributed by atoms with E-state index in [1.165, 1.54) is 6.42 Å². The Morgan fingerprint density at radius 2 is 1.83 bits per heavy atom. The van der Waals surface area contributed by atoms with E-state index in [0.29, 0.717) is 18.1 Å². The van der Waals surface area contributed by atoms with Gasteiger partial charge in [-0.2, -0.15) is 0 Å². The van der Waals surface area contributed by atoms with Gasteiger partial charge in [0.15, 0.2) is 0 Å². The molecule has 0 radical (unpaired) electrons. The van der Waals surface area contributed by atoms with Crippen LogP contribution >= 0.6 is 0 Å². The fourth-order valence-electron chi connectivity index (χ4n) is 1.40. The highest BCUT2D eigenvalue weighted by atomic mass is 16.5. The maximum absolute atomic E-state index is 5.31. The van der Waals surface area contributed by atoms with Gasteiger partial charge in [0.2, 0.25) is 0 Å². The molecule has 0 aliphatic heterocycles. The molecule has 2 unspecified atom stereocenters. The quantitative estimate of drug-likeness (QED) is 0.663. The lowest BCUT2D eigenvalue weighted by molar-refractivity contribution is 0.0671. The molecule has 0 rings (SSSR count). The molecule has 0 aliphatic rings. The first-order valence-corrected chi connectivity index (χ1v) is 4.89. The van der Waals surface area contributed by atoms with Crippen LogP contribution in [0.2, 0.25) is 0 Å². The summed E-state index contributed by atoms with van der Waals surface area (Å²) in [4.78, 5) is 0. The van der Waals surface area contributed by atoms with Crippen molar-refractivity contribution in [3.63, 3.8) is 0 Å². The van der Waals surface area contributed by atoms with E-state index < -0.39 is 0 Å². The third-order valence-corrected chi connectivity index (χ3v) is 2.23. The zero-order chi connectivity index (χ0) is 9.56. The Balaban J connectivity index is 3.85. The Bertz CT molecular complexity index is 104. The van der Waals surface area contributed by atoms with Gasteiger partial charge in [-0.15, -0.1) is 0 Å². The van der Waals surface area contributed by atoms with E-state index in [0.717, 1.165) is 6.54 Å². The molecule has 74 valence electrons. The van der Waals surface area contributed by atoms with Gasteiger partial charge in [-0.3, -0.25) is 0 Å². The predicted octanol–water partition coefficient (Wildman–Crippen LogP) is 2.05. The first-order chi connectivity index (χ1) is 5.63. The SMILES string of the molecule is CCCNC(C(C)C)C(C)OC. The van der Waals surface area contributed by atoms with Crippen LogP contribution in [0.25, 0.3) is 0 Å². The molecule has 0 aromatic rings. The van der Waals surface area contributed by atoms with Crippen molar-refractivity contribution < 1.29 is 4.74 Å². The summed E-state index contributed by atoms with van der Waals surface area (Å²) in [5.74, 6) is 0.631. The lowest BCUT2D eigenvalue weighted by atomic mass is 9.99. The van der Waals surface area contributed by atoms with Crippen molar-refractivity contribution in [2.45, 2.75) is 46.3 Å². The minimum absolute atomic E-state index is 0.302. The van der Waals surface area contributed by atoms with Crippen molar-refractivity contribution in [2.75, 3.05) is 13.7 Å². The minimum atomic E-state index is 0.302. The fraction of sp³-hybridized carbons (Fsp3) is 1.00. The highest BCUT2D eigenvalue weighted by Gasteiger charge is 2.18. The lowest BCUT2D eigenvalue weighted by Gasteiger charge is -2.27. The van der Waals surface area contributed by atoms with Crippen LogP contribution in [0.3, 0.4) is 0 Å². The number of hydrogen-bond donors (Lipinski definition) is 1. The van der Waals surface area contributed by atoms with E-state index in [-0.39, 0.29) is 0 Å². The average Bonchev–Trinajstić information content (AvgIpc) is 2.04. The molecule has 12 heavy (non-hydrogen) atoms. The van der Waals surface area contributed by atoms with E-state index in [1.54, 1.807) is 7.11 Å². The normalized spacial score (nSPS) is 16.5. The molecule has 0 saturated heterocycles. The predicted molar refractivity (Wildman–Crippen MR) is 53.4 cm³/mol. The number of methoxy groups -OCH3 is 1. The Morgan fingerprint density at radius 3 is 2.17 bits per heavy atom. The van der Waals surface area contributed by atoms with Crippen LogP contribution < -0.4 is 5.32 Å². The summed E-state index contributed by atoms with van der Waals surface area (Å²) in [5, 5.41) is 3.49. The Hall–Kier alpha value is -0.0800. The second-order valence-corrected chi connectivity index (χ2v) is 3.66. The topological polar surface area (TPSA) is 21.3 Å². The van der Waals surface area contributed by atoms with E-state index in [9.17, 15) is 0 Å². The molecule has 0 bridgehead atoms. The Morgan fingerprint density at radius 1 is 1.25 bits per heavy atom. The van der Waals surface area contributed by atoms with Gasteiger partial charge in [-0.05, 0) is 25.8 Å². The zero-order valence-corrected chi connectivity index (χ0v) is 9.05. The van der Waals surface area contributed by atoms with E-state index in [1.807, 2.05) is 0 Å². The molecular weight excluding hydrogens is 150 g/mol. The first kappa shape index (κ1) is 11.9. The van der Waals surface area contributed by atoms with Crippen LogP contribution in [0.4, 0.5) is 0 Å². The monoisotopic (exact) mass is 173 g/mol. The maximum atomic E-state index is 5.31. The Labute approximate surface area is 76.7 Å². The standard InChI is InChI=1S/C10H23NO/c1-6-7-11-10(8(2)3)9(4)12-5/h8-11H,6-7H2,1-5H3. The van der Waals surface area contributed by atoms with Crippen LogP contribution in [-0.4, -0.2) is 25.8 Å². The van der Waals surface area contributed by atoms with Crippen molar-refractivity contribution in [2.24, 2.45) is 5.92 Å². The molecule has 0 heterocycles. The van der Waals surface area contributed by atoms with Gasteiger partial charge >= 0.3 is 0 Å². The molecule has 0 saturated carbocycles. The number of ether oxygens (including phenoxy) is 1. The van der Waals surface area contributed by atoms with Crippen molar-refractivity contribution in [3.8, 4) is 0 Å². The van der Waals surface area contributed by atoms with Crippen LogP contribution in [-0.2, 0) is 4.74 Å². The summed E-state index contributed by atoms with van der Waals surface area (Å²) in [5.41, 5.74) is 0. The van der Waals surface area contributed by atoms with E-state index in [4.69, 9.17) is 4.74 Å². The third kappa shape index (κ3) is 4.07. The second-order valence-electron chi connectivity index (χ2n) is 3.66. The lowest BCUT2D eigenvalue weighted by Crippen LogP contribution is -2.43. The summed E-state index contributed by atoms with van der Waals surface area (Å²) < 4.78 is 5.31. The second kappa shape index (κ2) is 6.44. The van der Waals surface area contributed by atoms with Crippen molar-refractivity contribution in [1.82, 2.24) is 5.32 Å². The summed E-state index contributed by atoms with van der Waals surface area (Å²) in [6, 6.07) is 0.481. The van der Waals surface area contributed by atoms with Crippen molar-refractivity contribution in [1.29, 1.82) is 0 Å². The molecule has 2 atom stereocenters. The van der Waals surface area contributed by atoms with Crippen molar-refractivity contribution >= 4 is 0 Å². The van der Waals surface area contributed by atoms with Gasteiger partial charge in [0.1, 0.15) is 0 Å². The van der Waals surface area contributed by atoms with Gasteiger partial charge in [0, 0.05) is 13.2 Å². The summed E-state index contributed by atoms with van der Waals surface area (Å²) in [6.45, 7) is 9.83. The highest BCUT2D eigenvalue weighted by Crippen LogP contribution is 2.08. The molecule has 0 aromatic carbocycles. The molecule has 2 nitrogen and oxygen atoms in total. The van der Waals surface area contributed by atoms with Gasteiger partial charge in [-0.25, -0.2) is 0 Å². The van der Waals surface area contributed by atoms with Gasteiger partial charge in [0.25, 0.3) is 0 Å². The fourth-order valence-corrected chi connectivity index (χ4v) is 1.40. The molecule has 0 aromatic heterocycles. The molecule has 1 N–H and O–H groups in total. The Kier molecular flexibility index (Phi) is 6.39. The number of nitrogens with one attached hydrogen (secondary N) is 1. The number of hydrogen-bond acceptors (Lipinski definition) is 2. The molecule has 2 heteroatoms. The molecule has 0 amide bonds. The zero-order valence-electron chi connectivity index (χ0n) is 9.05. The number of rotatable bonds is 6. The maximum Gasteiger partial charge on any atom is 0.0698 e. The summed E-state index contributed by atoms with van der Waals surface area (Å²) in [6.07, 6.45) is 1.48. The molecule has 0 aliphatic carbocycles. The third-order valence-electron chi connectivity index (χ3n) is 2.23. The largest absolute Gasteiger partial charge is 0.380 e. The highest BCUT2D eigenvalue weighted by molar-refractivity contribution is 4.76. The van der Waals surface area contributed by atoms with E-state index >= 15 is 0 Å². The van der Waals surface area contributed by atoms with E-state index in [2.05, 4.69) is 33.0 Å².